The lowest BCUT2D eigenvalue weighted by molar-refractivity contribution is -0.121. The van der Waals surface area contributed by atoms with E-state index in [4.69, 9.17) is 5.11 Å². The zero-order chi connectivity index (χ0) is 17.2. The summed E-state index contributed by atoms with van der Waals surface area (Å²) in [5, 5.41) is 14.8. The summed E-state index contributed by atoms with van der Waals surface area (Å²) in [4.78, 5) is 23.9. The van der Waals surface area contributed by atoms with Gasteiger partial charge in [-0.3, -0.25) is 9.59 Å². The minimum Gasteiger partial charge on any atom is -0.394 e. The molecule has 0 spiro atoms. The Kier molecular flexibility index (Phi) is 8.33. The van der Waals surface area contributed by atoms with Crippen molar-refractivity contribution in [1.82, 2.24) is 5.32 Å². The van der Waals surface area contributed by atoms with Crippen molar-refractivity contribution >= 4 is 17.5 Å². The molecule has 3 N–H and O–H groups in total. The molecule has 0 fully saturated rings. The van der Waals surface area contributed by atoms with E-state index in [1.807, 2.05) is 45.0 Å². The number of carbonyl (C=O) groups excluding carboxylic acids is 2. The van der Waals surface area contributed by atoms with Gasteiger partial charge in [0.2, 0.25) is 11.8 Å². The second-order valence-corrected chi connectivity index (χ2v) is 5.73. The molecule has 1 rings (SSSR count). The third-order valence-electron chi connectivity index (χ3n) is 4.02. The van der Waals surface area contributed by atoms with Gasteiger partial charge in [0.05, 0.1) is 19.1 Å². The molecule has 0 aliphatic carbocycles. The highest BCUT2D eigenvalue weighted by Gasteiger charge is 2.14. The molecule has 5 nitrogen and oxygen atoms in total. The van der Waals surface area contributed by atoms with E-state index in [-0.39, 0.29) is 36.8 Å². The molecule has 2 amide bonds. The fourth-order valence-corrected chi connectivity index (χ4v) is 2.35. The third-order valence-corrected chi connectivity index (χ3v) is 4.02. The first-order valence-electron chi connectivity index (χ1n) is 8.33. The summed E-state index contributed by atoms with van der Waals surface area (Å²) in [6.07, 6.45) is 2.61. The zero-order valence-corrected chi connectivity index (χ0v) is 14.3. The molecule has 23 heavy (non-hydrogen) atoms. The summed E-state index contributed by atoms with van der Waals surface area (Å²) in [6.45, 7) is 5.87. The molecule has 0 aliphatic rings. The Bertz CT molecular complexity index is 491. The quantitative estimate of drug-likeness (QED) is 0.654. The van der Waals surface area contributed by atoms with Gasteiger partial charge < -0.3 is 15.7 Å². The first kappa shape index (κ1) is 19.2. The molecular formula is C18H28N2O3. The highest BCUT2D eigenvalue weighted by molar-refractivity contribution is 5.92. The van der Waals surface area contributed by atoms with Gasteiger partial charge in [0, 0.05) is 11.6 Å². The minimum absolute atomic E-state index is 0.0323. The molecule has 1 aromatic carbocycles. The third kappa shape index (κ3) is 6.40. The average Bonchev–Trinajstić information content (AvgIpc) is 2.55. The van der Waals surface area contributed by atoms with Gasteiger partial charge in [-0.1, -0.05) is 32.9 Å². The zero-order valence-electron chi connectivity index (χ0n) is 14.3. The van der Waals surface area contributed by atoms with E-state index < -0.39 is 0 Å². The van der Waals surface area contributed by atoms with Crippen LogP contribution in [0.3, 0.4) is 0 Å². The van der Waals surface area contributed by atoms with Crippen LogP contribution in [0, 0.1) is 5.92 Å². The number of aliphatic hydroxyl groups is 1. The average molecular weight is 320 g/mol. The summed E-state index contributed by atoms with van der Waals surface area (Å²) < 4.78 is 0. The van der Waals surface area contributed by atoms with Crippen LogP contribution in [0.1, 0.15) is 45.6 Å². The van der Waals surface area contributed by atoms with E-state index in [1.165, 1.54) is 0 Å². The largest absolute Gasteiger partial charge is 0.394 e. The number of hydrogen-bond donors (Lipinski definition) is 3. The van der Waals surface area contributed by atoms with E-state index in [0.29, 0.717) is 6.42 Å². The minimum atomic E-state index is -0.193. The fourth-order valence-electron chi connectivity index (χ4n) is 2.35. The van der Waals surface area contributed by atoms with Crippen molar-refractivity contribution < 1.29 is 14.7 Å². The van der Waals surface area contributed by atoms with E-state index in [0.717, 1.165) is 24.1 Å². The molecular weight excluding hydrogens is 292 g/mol. The first-order chi connectivity index (χ1) is 11.0. The van der Waals surface area contributed by atoms with Gasteiger partial charge in [-0.15, -0.1) is 0 Å². The Balaban J connectivity index is 2.56. The summed E-state index contributed by atoms with van der Waals surface area (Å²) in [6, 6.07) is 7.10. The van der Waals surface area contributed by atoms with E-state index in [1.54, 1.807) is 0 Å². The number of hydrogen-bond acceptors (Lipinski definition) is 3. The predicted octanol–water partition coefficient (Wildman–Crippen LogP) is 2.49. The Hall–Kier alpha value is -1.88. The molecule has 0 aliphatic heterocycles. The van der Waals surface area contributed by atoms with Crippen molar-refractivity contribution in [3.05, 3.63) is 29.8 Å². The molecule has 1 atom stereocenters. The van der Waals surface area contributed by atoms with Gasteiger partial charge in [0.15, 0.2) is 0 Å². The van der Waals surface area contributed by atoms with Gasteiger partial charge >= 0.3 is 0 Å². The second kappa shape index (κ2) is 10.0. The summed E-state index contributed by atoms with van der Waals surface area (Å²) >= 11 is 0. The van der Waals surface area contributed by atoms with Gasteiger partial charge in [0.25, 0.3) is 0 Å². The summed E-state index contributed by atoms with van der Waals surface area (Å²) in [5.41, 5.74) is 1.61. The van der Waals surface area contributed by atoms with Gasteiger partial charge in [0.1, 0.15) is 0 Å². The highest BCUT2D eigenvalue weighted by Crippen LogP contribution is 2.14. The van der Waals surface area contributed by atoms with Crippen LogP contribution < -0.4 is 10.6 Å². The van der Waals surface area contributed by atoms with Crippen LogP contribution in [0.4, 0.5) is 5.69 Å². The molecule has 128 valence electrons. The first-order valence-corrected chi connectivity index (χ1v) is 8.33. The molecule has 0 aromatic heterocycles. The monoisotopic (exact) mass is 320 g/mol. The van der Waals surface area contributed by atoms with E-state index in [2.05, 4.69) is 10.6 Å². The molecule has 0 saturated carbocycles. The fraction of sp³-hybridized carbons (Fsp3) is 0.556. The Labute approximate surface area is 138 Å². The summed E-state index contributed by atoms with van der Waals surface area (Å²) in [5.74, 6) is -0.0427. The SMILES string of the molecule is CCC(CO)NC(=O)Cc1ccc(NC(=O)C(CC)CC)cc1. The lowest BCUT2D eigenvalue weighted by Crippen LogP contribution is -2.37. The summed E-state index contributed by atoms with van der Waals surface area (Å²) in [7, 11) is 0. The molecule has 1 unspecified atom stereocenters. The van der Waals surface area contributed by atoms with Crippen LogP contribution in [0.5, 0.6) is 0 Å². The molecule has 0 bridgehead atoms. The maximum atomic E-state index is 12.0. The van der Waals surface area contributed by atoms with Crippen LogP contribution in [0.2, 0.25) is 0 Å². The number of nitrogens with one attached hydrogen (secondary N) is 2. The maximum Gasteiger partial charge on any atom is 0.227 e. The number of benzene rings is 1. The van der Waals surface area contributed by atoms with Crippen molar-refractivity contribution in [1.29, 1.82) is 0 Å². The van der Waals surface area contributed by atoms with Crippen molar-refractivity contribution in [3.8, 4) is 0 Å². The van der Waals surface area contributed by atoms with E-state index in [9.17, 15) is 9.59 Å². The smallest absolute Gasteiger partial charge is 0.227 e. The van der Waals surface area contributed by atoms with Crippen molar-refractivity contribution in [2.45, 2.75) is 52.5 Å². The Morgan fingerprint density at radius 3 is 2.13 bits per heavy atom. The van der Waals surface area contributed by atoms with Gasteiger partial charge in [-0.2, -0.15) is 0 Å². The van der Waals surface area contributed by atoms with Crippen LogP contribution in [-0.4, -0.2) is 29.6 Å². The molecule has 0 heterocycles. The van der Waals surface area contributed by atoms with Crippen molar-refractivity contribution in [2.24, 2.45) is 5.92 Å². The Morgan fingerprint density at radius 2 is 1.65 bits per heavy atom. The maximum absolute atomic E-state index is 12.0. The normalized spacial score (nSPS) is 12.0. The predicted molar refractivity (Wildman–Crippen MR) is 92.2 cm³/mol. The number of amides is 2. The second-order valence-electron chi connectivity index (χ2n) is 5.73. The molecule has 0 saturated heterocycles. The van der Waals surface area contributed by atoms with Crippen LogP contribution in [0.25, 0.3) is 0 Å². The molecule has 5 heteroatoms. The molecule has 0 radical (unpaired) electrons. The number of anilines is 1. The van der Waals surface area contributed by atoms with Crippen LogP contribution >= 0.6 is 0 Å². The van der Waals surface area contributed by atoms with Crippen molar-refractivity contribution in [2.75, 3.05) is 11.9 Å². The van der Waals surface area contributed by atoms with Gasteiger partial charge in [-0.05, 0) is 37.0 Å². The Morgan fingerprint density at radius 1 is 1.04 bits per heavy atom. The lowest BCUT2D eigenvalue weighted by Gasteiger charge is -2.14. The number of aliphatic hydroxyl groups excluding tert-OH is 1. The van der Waals surface area contributed by atoms with Crippen molar-refractivity contribution in [3.63, 3.8) is 0 Å². The lowest BCUT2D eigenvalue weighted by atomic mass is 10.0. The standard InChI is InChI=1S/C18H28N2O3/c1-4-14(5-2)18(23)20-16-9-7-13(8-10-16)11-17(22)19-15(6-3)12-21/h7-10,14-15,21H,4-6,11-12H2,1-3H3,(H,19,22)(H,20,23). The van der Waals surface area contributed by atoms with Crippen LogP contribution in [0.15, 0.2) is 24.3 Å². The molecule has 1 aromatic rings. The van der Waals surface area contributed by atoms with E-state index >= 15 is 0 Å². The van der Waals surface area contributed by atoms with Gasteiger partial charge in [-0.25, -0.2) is 0 Å². The highest BCUT2D eigenvalue weighted by atomic mass is 16.3. The topological polar surface area (TPSA) is 78.4 Å². The number of rotatable bonds is 9. The number of carbonyl (C=O) groups is 2. The van der Waals surface area contributed by atoms with Crippen LogP contribution in [-0.2, 0) is 16.0 Å².